The van der Waals surface area contributed by atoms with Crippen molar-refractivity contribution >= 4 is 29.3 Å². The lowest BCUT2D eigenvalue weighted by Crippen LogP contribution is -2.22. The van der Waals surface area contributed by atoms with Crippen LogP contribution < -0.4 is 5.32 Å². The van der Waals surface area contributed by atoms with E-state index in [0.717, 1.165) is 34.6 Å². The molecule has 0 saturated heterocycles. The molecule has 0 aromatic heterocycles. The van der Waals surface area contributed by atoms with E-state index >= 15 is 0 Å². The Balaban J connectivity index is 1.43. The summed E-state index contributed by atoms with van der Waals surface area (Å²) in [6, 6.07) is 12.1. The van der Waals surface area contributed by atoms with Crippen LogP contribution in [-0.2, 0) is 27.2 Å². The van der Waals surface area contributed by atoms with Crippen LogP contribution in [0.15, 0.2) is 41.3 Å². The topological polar surface area (TPSA) is 55.4 Å². The molecule has 1 aliphatic rings. The van der Waals surface area contributed by atoms with E-state index in [1.54, 1.807) is 0 Å². The summed E-state index contributed by atoms with van der Waals surface area (Å²) in [4.78, 5) is 25.0. The van der Waals surface area contributed by atoms with Gasteiger partial charge in [0.25, 0.3) is 5.91 Å². The maximum atomic E-state index is 12.0. The number of anilines is 1. The van der Waals surface area contributed by atoms with E-state index in [4.69, 9.17) is 4.74 Å². The zero-order valence-electron chi connectivity index (χ0n) is 15.1. The van der Waals surface area contributed by atoms with Crippen LogP contribution in [0.4, 0.5) is 5.69 Å². The second-order valence-corrected chi connectivity index (χ2v) is 7.58. The zero-order valence-corrected chi connectivity index (χ0v) is 15.9. The van der Waals surface area contributed by atoms with Gasteiger partial charge in [0.1, 0.15) is 0 Å². The van der Waals surface area contributed by atoms with Crippen LogP contribution in [0.1, 0.15) is 28.7 Å². The summed E-state index contributed by atoms with van der Waals surface area (Å²) in [6.45, 7) is 3.67. The highest BCUT2D eigenvalue weighted by atomic mass is 32.2. The van der Waals surface area contributed by atoms with Crippen molar-refractivity contribution in [2.24, 2.45) is 0 Å². The molecule has 2 aromatic rings. The fraction of sp³-hybridized carbons (Fsp3) is 0.333. The predicted molar refractivity (Wildman–Crippen MR) is 105 cm³/mol. The summed E-state index contributed by atoms with van der Waals surface area (Å²) >= 11 is 1.45. The van der Waals surface area contributed by atoms with Gasteiger partial charge in [-0.05, 0) is 73.6 Å². The first kappa shape index (κ1) is 18.5. The maximum Gasteiger partial charge on any atom is 0.316 e. The molecule has 2 aromatic carbocycles. The van der Waals surface area contributed by atoms with E-state index in [1.807, 2.05) is 32.0 Å². The molecule has 0 heterocycles. The third kappa shape index (κ3) is 4.67. The molecule has 0 saturated carbocycles. The summed E-state index contributed by atoms with van der Waals surface area (Å²) < 4.78 is 5.09. The predicted octanol–water partition coefficient (Wildman–Crippen LogP) is 4.07. The monoisotopic (exact) mass is 369 g/mol. The highest BCUT2D eigenvalue weighted by Gasteiger charge is 2.13. The first-order valence-electron chi connectivity index (χ1n) is 8.79. The molecular formula is C21H23NO3S. The lowest BCUT2D eigenvalue weighted by molar-refractivity contribution is -0.144. The number of rotatable bonds is 6. The number of thioether (sulfide) groups is 1. The third-order valence-corrected chi connectivity index (χ3v) is 5.64. The zero-order chi connectivity index (χ0) is 18.5. The van der Waals surface area contributed by atoms with Crippen LogP contribution in [0, 0.1) is 13.8 Å². The van der Waals surface area contributed by atoms with Crippen molar-refractivity contribution in [3.05, 3.63) is 58.7 Å². The van der Waals surface area contributed by atoms with Gasteiger partial charge < -0.3 is 10.1 Å². The summed E-state index contributed by atoms with van der Waals surface area (Å²) in [5.41, 5.74) is 5.67. The van der Waals surface area contributed by atoms with Crippen molar-refractivity contribution in [2.45, 2.75) is 38.0 Å². The van der Waals surface area contributed by atoms with E-state index in [-0.39, 0.29) is 24.2 Å². The molecule has 1 N–H and O–H groups in total. The molecule has 0 spiro atoms. The number of hydrogen-bond donors (Lipinski definition) is 1. The number of carbonyl (C=O) groups excluding carboxylic acids is 2. The van der Waals surface area contributed by atoms with Crippen molar-refractivity contribution in [2.75, 3.05) is 17.7 Å². The van der Waals surface area contributed by atoms with Gasteiger partial charge in [0.15, 0.2) is 6.61 Å². The lowest BCUT2D eigenvalue weighted by Gasteiger charge is -2.10. The highest BCUT2D eigenvalue weighted by Crippen LogP contribution is 2.27. The summed E-state index contributed by atoms with van der Waals surface area (Å²) in [5.74, 6) is -0.503. The van der Waals surface area contributed by atoms with Gasteiger partial charge in [0.2, 0.25) is 0 Å². The molecule has 0 radical (unpaired) electrons. The fourth-order valence-corrected chi connectivity index (χ4v) is 3.80. The van der Waals surface area contributed by atoms with Gasteiger partial charge in [-0.15, -0.1) is 11.8 Å². The van der Waals surface area contributed by atoms with Crippen LogP contribution in [0.25, 0.3) is 0 Å². The summed E-state index contributed by atoms with van der Waals surface area (Å²) in [5, 5.41) is 2.79. The largest absolute Gasteiger partial charge is 0.455 e. The molecule has 0 aliphatic heterocycles. The van der Waals surface area contributed by atoms with Gasteiger partial charge in [-0.3, -0.25) is 9.59 Å². The Hall–Kier alpha value is -2.27. The molecule has 4 nitrogen and oxygen atoms in total. The minimum absolute atomic E-state index is 0.204. The second kappa shape index (κ2) is 8.41. The standard InChI is InChI=1S/C21H23NO3S/c1-14-5-3-8-19(15(14)2)22-20(23)12-25-21(24)13-26-18-10-9-16-6-4-7-17(16)11-18/h3,5,8-11H,4,6-7,12-13H2,1-2H3,(H,22,23). The normalized spacial score (nSPS) is 12.5. The Morgan fingerprint density at radius 1 is 1.12 bits per heavy atom. The molecule has 0 bridgehead atoms. The number of carbonyl (C=O) groups is 2. The van der Waals surface area contributed by atoms with Crippen LogP contribution in [-0.4, -0.2) is 24.2 Å². The number of ether oxygens (including phenoxy) is 1. The number of benzene rings is 2. The van der Waals surface area contributed by atoms with Crippen molar-refractivity contribution in [3.63, 3.8) is 0 Å². The van der Waals surface area contributed by atoms with Gasteiger partial charge in [0.05, 0.1) is 5.75 Å². The minimum atomic E-state index is -0.383. The Bertz CT molecular complexity index is 832. The number of aryl methyl sites for hydroxylation is 3. The average Bonchev–Trinajstić information content (AvgIpc) is 3.10. The molecular weight excluding hydrogens is 346 g/mol. The molecule has 0 unspecified atom stereocenters. The molecule has 5 heteroatoms. The SMILES string of the molecule is Cc1cccc(NC(=O)COC(=O)CSc2ccc3c(c2)CCC3)c1C. The van der Waals surface area contributed by atoms with Crippen molar-refractivity contribution in [1.82, 2.24) is 0 Å². The first-order chi connectivity index (χ1) is 12.5. The molecule has 136 valence electrons. The number of nitrogens with one attached hydrogen (secondary N) is 1. The van der Waals surface area contributed by atoms with Gasteiger partial charge in [-0.2, -0.15) is 0 Å². The number of fused-ring (bicyclic) bond motifs is 1. The molecule has 0 atom stereocenters. The fourth-order valence-electron chi connectivity index (χ4n) is 3.04. The minimum Gasteiger partial charge on any atom is -0.455 e. The first-order valence-corrected chi connectivity index (χ1v) is 9.78. The van der Waals surface area contributed by atoms with Gasteiger partial charge in [-0.1, -0.05) is 18.2 Å². The van der Waals surface area contributed by atoms with Gasteiger partial charge in [-0.25, -0.2) is 0 Å². The van der Waals surface area contributed by atoms with E-state index < -0.39 is 0 Å². The smallest absolute Gasteiger partial charge is 0.316 e. The quantitative estimate of drug-likeness (QED) is 0.616. The van der Waals surface area contributed by atoms with Crippen molar-refractivity contribution < 1.29 is 14.3 Å². The van der Waals surface area contributed by atoms with Gasteiger partial charge in [0, 0.05) is 10.6 Å². The highest BCUT2D eigenvalue weighted by molar-refractivity contribution is 8.00. The Morgan fingerprint density at radius 2 is 1.92 bits per heavy atom. The number of amides is 1. The molecule has 0 fully saturated rings. The second-order valence-electron chi connectivity index (χ2n) is 6.53. The van der Waals surface area contributed by atoms with Gasteiger partial charge >= 0.3 is 5.97 Å². The summed E-state index contributed by atoms with van der Waals surface area (Å²) in [7, 11) is 0. The van der Waals surface area contributed by atoms with Crippen molar-refractivity contribution in [3.8, 4) is 0 Å². The van der Waals surface area contributed by atoms with E-state index in [1.165, 1.54) is 29.3 Å². The number of esters is 1. The summed E-state index contributed by atoms with van der Waals surface area (Å²) in [6.07, 6.45) is 3.48. The maximum absolute atomic E-state index is 12.0. The van der Waals surface area contributed by atoms with E-state index in [0.29, 0.717) is 0 Å². The van der Waals surface area contributed by atoms with E-state index in [2.05, 4.69) is 23.5 Å². The van der Waals surface area contributed by atoms with Crippen LogP contribution in [0.2, 0.25) is 0 Å². The van der Waals surface area contributed by atoms with E-state index in [9.17, 15) is 9.59 Å². The molecule has 26 heavy (non-hydrogen) atoms. The Morgan fingerprint density at radius 3 is 2.77 bits per heavy atom. The average molecular weight is 369 g/mol. The molecule has 3 rings (SSSR count). The Labute approximate surface area is 158 Å². The van der Waals surface area contributed by atoms with Crippen LogP contribution in [0.5, 0.6) is 0 Å². The third-order valence-electron chi connectivity index (χ3n) is 4.67. The lowest BCUT2D eigenvalue weighted by atomic mass is 10.1. The van der Waals surface area contributed by atoms with Crippen molar-refractivity contribution in [1.29, 1.82) is 0 Å². The van der Waals surface area contributed by atoms with Crippen LogP contribution in [0.3, 0.4) is 0 Å². The molecule has 1 amide bonds. The number of hydrogen-bond acceptors (Lipinski definition) is 4. The molecule has 1 aliphatic carbocycles. The van der Waals surface area contributed by atoms with Crippen LogP contribution >= 0.6 is 11.8 Å². The Kier molecular flexibility index (Phi) is 5.99.